The third-order valence-electron chi connectivity index (χ3n) is 5.98. The molecule has 3 aromatic carbocycles. The molecule has 0 fully saturated rings. The van der Waals surface area contributed by atoms with E-state index in [9.17, 15) is 13.2 Å². The fourth-order valence-corrected chi connectivity index (χ4v) is 5.91. The molecule has 0 bridgehead atoms. The van der Waals surface area contributed by atoms with E-state index in [0.717, 1.165) is 11.1 Å². The number of para-hydroxylation sites is 1. The zero-order valence-corrected chi connectivity index (χ0v) is 21.7. The summed E-state index contributed by atoms with van der Waals surface area (Å²) in [6.07, 6.45) is 0.654. The standard InChI is InChI=1S/C26H27ClN2O6S/c1-17(19-8-10-24(33-2)25(14-19)34-3)28-26(30)16-35-23-11-9-20(15-21(23)27)36(31,32)29-13-12-18-6-4-5-7-22(18)29/h4-11,14-15,17H,12-13,16H2,1-3H3,(H,28,30). The first-order valence-corrected chi connectivity index (χ1v) is 13.1. The monoisotopic (exact) mass is 530 g/mol. The van der Waals surface area contributed by atoms with Crippen molar-refractivity contribution in [2.45, 2.75) is 24.3 Å². The van der Waals surface area contributed by atoms with Gasteiger partial charge in [-0.1, -0.05) is 35.9 Å². The topological polar surface area (TPSA) is 94.2 Å². The molecule has 1 atom stereocenters. The van der Waals surface area contributed by atoms with Crippen molar-refractivity contribution in [3.05, 3.63) is 76.8 Å². The summed E-state index contributed by atoms with van der Waals surface area (Å²) in [6.45, 7) is 1.92. The number of hydrogen-bond acceptors (Lipinski definition) is 6. The second-order valence-electron chi connectivity index (χ2n) is 8.24. The summed E-state index contributed by atoms with van der Waals surface area (Å²) in [5, 5.41) is 2.95. The molecule has 1 heterocycles. The highest BCUT2D eigenvalue weighted by molar-refractivity contribution is 7.92. The Morgan fingerprint density at radius 1 is 1.03 bits per heavy atom. The third kappa shape index (κ3) is 5.22. The van der Waals surface area contributed by atoms with Gasteiger partial charge in [-0.05, 0) is 60.9 Å². The van der Waals surface area contributed by atoms with Crippen molar-refractivity contribution in [2.24, 2.45) is 0 Å². The number of nitrogens with zero attached hydrogens (tertiary/aromatic N) is 1. The van der Waals surface area contributed by atoms with Crippen molar-refractivity contribution < 1.29 is 27.4 Å². The first kappa shape index (κ1) is 25.7. The Hall–Kier alpha value is -3.43. The second kappa shape index (κ2) is 10.7. The van der Waals surface area contributed by atoms with E-state index in [4.69, 9.17) is 25.8 Å². The van der Waals surface area contributed by atoms with Crippen molar-refractivity contribution in [3.8, 4) is 17.2 Å². The molecule has 8 nitrogen and oxygen atoms in total. The van der Waals surface area contributed by atoms with Gasteiger partial charge < -0.3 is 19.5 Å². The van der Waals surface area contributed by atoms with Crippen LogP contribution >= 0.6 is 11.6 Å². The number of hydrogen-bond donors (Lipinski definition) is 1. The van der Waals surface area contributed by atoms with Crippen molar-refractivity contribution in [2.75, 3.05) is 31.7 Å². The fourth-order valence-electron chi connectivity index (χ4n) is 4.08. The minimum absolute atomic E-state index is 0.0584. The molecule has 1 N–H and O–H groups in total. The quantitative estimate of drug-likeness (QED) is 0.441. The molecule has 190 valence electrons. The van der Waals surface area contributed by atoms with E-state index in [1.165, 1.54) is 22.5 Å². The number of carbonyl (C=O) groups is 1. The lowest BCUT2D eigenvalue weighted by molar-refractivity contribution is -0.123. The van der Waals surface area contributed by atoms with Gasteiger partial charge in [0.15, 0.2) is 18.1 Å². The minimum Gasteiger partial charge on any atom is -0.493 e. The van der Waals surface area contributed by atoms with Crippen molar-refractivity contribution in [1.29, 1.82) is 0 Å². The molecule has 0 aliphatic carbocycles. The lowest BCUT2D eigenvalue weighted by Crippen LogP contribution is -2.31. The molecule has 10 heteroatoms. The second-order valence-corrected chi connectivity index (χ2v) is 10.5. The molecule has 1 aliphatic heterocycles. The molecule has 36 heavy (non-hydrogen) atoms. The number of ether oxygens (including phenoxy) is 3. The summed E-state index contributed by atoms with van der Waals surface area (Å²) in [5.41, 5.74) is 2.49. The van der Waals surface area contributed by atoms with Crippen LogP contribution in [0, 0.1) is 0 Å². The number of rotatable bonds is 9. The Kier molecular flexibility index (Phi) is 7.61. The summed E-state index contributed by atoms with van der Waals surface area (Å²) >= 11 is 6.32. The first-order chi connectivity index (χ1) is 17.2. The summed E-state index contributed by atoms with van der Waals surface area (Å²) in [4.78, 5) is 12.5. The van der Waals surface area contributed by atoms with Gasteiger partial charge in [-0.25, -0.2) is 8.42 Å². The summed E-state index contributed by atoms with van der Waals surface area (Å²) < 4.78 is 43.9. The molecular weight excluding hydrogens is 504 g/mol. The zero-order valence-electron chi connectivity index (χ0n) is 20.2. The maximum absolute atomic E-state index is 13.2. The largest absolute Gasteiger partial charge is 0.493 e. The zero-order chi connectivity index (χ0) is 25.9. The van der Waals surface area contributed by atoms with Crippen LogP contribution in [0.25, 0.3) is 0 Å². The highest BCUT2D eigenvalue weighted by atomic mass is 35.5. The van der Waals surface area contributed by atoms with Gasteiger partial charge >= 0.3 is 0 Å². The van der Waals surface area contributed by atoms with Crippen molar-refractivity contribution in [1.82, 2.24) is 5.32 Å². The number of sulfonamides is 1. The third-order valence-corrected chi connectivity index (χ3v) is 8.08. The Balaban J connectivity index is 1.39. The van der Waals surface area contributed by atoms with Crippen LogP contribution in [-0.2, 0) is 21.2 Å². The van der Waals surface area contributed by atoms with Crippen LogP contribution in [0.2, 0.25) is 5.02 Å². The molecule has 4 rings (SSSR count). The van der Waals surface area contributed by atoms with Gasteiger partial charge in [-0.3, -0.25) is 9.10 Å². The molecule has 0 spiro atoms. The highest BCUT2D eigenvalue weighted by Crippen LogP contribution is 2.35. The van der Waals surface area contributed by atoms with E-state index >= 15 is 0 Å². The summed E-state index contributed by atoms with van der Waals surface area (Å²) in [7, 11) is -0.686. The maximum Gasteiger partial charge on any atom is 0.264 e. The van der Waals surface area contributed by atoms with E-state index in [2.05, 4.69) is 5.32 Å². The SMILES string of the molecule is COc1ccc(C(C)NC(=O)COc2ccc(S(=O)(=O)N3CCc4ccccc43)cc2Cl)cc1OC. The Labute approximate surface area is 215 Å². The lowest BCUT2D eigenvalue weighted by Gasteiger charge is -2.20. The predicted octanol–water partition coefficient (Wildman–Crippen LogP) is 4.36. The van der Waals surface area contributed by atoms with Gasteiger partial charge in [0.25, 0.3) is 15.9 Å². The molecule has 1 unspecified atom stereocenters. The average Bonchev–Trinajstić information content (AvgIpc) is 3.32. The van der Waals surface area contributed by atoms with Crippen LogP contribution in [0.5, 0.6) is 17.2 Å². The van der Waals surface area contributed by atoms with Gasteiger partial charge in [0, 0.05) is 6.54 Å². The molecule has 3 aromatic rings. The average molecular weight is 531 g/mol. The smallest absolute Gasteiger partial charge is 0.264 e. The molecule has 1 amide bonds. The van der Waals surface area contributed by atoms with E-state index in [-0.39, 0.29) is 34.2 Å². The number of anilines is 1. The minimum atomic E-state index is -3.79. The molecule has 0 radical (unpaired) electrons. The van der Waals surface area contributed by atoms with Gasteiger partial charge in [0.2, 0.25) is 0 Å². The number of amides is 1. The fraction of sp³-hybridized carbons (Fsp3) is 0.269. The number of carbonyl (C=O) groups excluding carboxylic acids is 1. The van der Waals surface area contributed by atoms with Crippen LogP contribution < -0.4 is 23.8 Å². The van der Waals surface area contributed by atoms with Crippen molar-refractivity contribution >= 4 is 33.2 Å². The van der Waals surface area contributed by atoms with E-state index in [0.29, 0.717) is 30.2 Å². The Morgan fingerprint density at radius 2 is 1.75 bits per heavy atom. The normalized spacial score (nSPS) is 13.6. The lowest BCUT2D eigenvalue weighted by atomic mass is 10.1. The molecule has 0 saturated carbocycles. The number of halogens is 1. The molecule has 0 aromatic heterocycles. The number of benzene rings is 3. The number of methoxy groups -OCH3 is 2. The predicted molar refractivity (Wildman–Crippen MR) is 138 cm³/mol. The van der Waals surface area contributed by atoms with E-state index in [1.54, 1.807) is 32.4 Å². The molecule has 0 saturated heterocycles. The van der Waals surface area contributed by atoms with Crippen molar-refractivity contribution in [3.63, 3.8) is 0 Å². The number of nitrogens with one attached hydrogen (secondary N) is 1. The van der Waals surface area contributed by atoms with Crippen LogP contribution in [0.3, 0.4) is 0 Å². The summed E-state index contributed by atoms with van der Waals surface area (Å²) in [5.74, 6) is 1.01. The summed E-state index contributed by atoms with van der Waals surface area (Å²) in [6, 6.07) is 16.7. The molecular formula is C26H27ClN2O6S. The van der Waals surface area contributed by atoms with Gasteiger partial charge in [-0.15, -0.1) is 0 Å². The van der Waals surface area contributed by atoms with Crippen LogP contribution in [-0.4, -0.2) is 41.7 Å². The van der Waals surface area contributed by atoms with E-state index in [1.807, 2.05) is 31.2 Å². The maximum atomic E-state index is 13.2. The number of fused-ring (bicyclic) bond motifs is 1. The van der Waals surface area contributed by atoms with Crippen LogP contribution in [0.1, 0.15) is 24.1 Å². The van der Waals surface area contributed by atoms with E-state index < -0.39 is 10.0 Å². The van der Waals surface area contributed by atoms with Gasteiger partial charge in [0.05, 0.1) is 35.9 Å². The van der Waals surface area contributed by atoms with Gasteiger partial charge in [0.1, 0.15) is 5.75 Å². The Morgan fingerprint density at radius 3 is 2.47 bits per heavy atom. The highest BCUT2D eigenvalue weighted by Gasteiger charge is 2.31. The van der Waals surface area contributed by atoms with Gasteiger partial charge in [-0.2, -0.15) is 0 Å². The molecule has 1 aliphatic rings. The Bertz CT molecular complexity index is 1380. The first-order valence-electron chi connectivity index (χ1n) is 11.3. The van der Waals surface area contributed by atoms with Crippen LogP contribution in [0.4, 0.5) is 5.69 Å². The van der Waals surface area contributed by atoms with Crippen LogP contribution in [0.15, 0.2) is 65.6 Å².